The van der Waals surface area contributed by atoms with Gasteiger partial charge in [0, 0.05) is 6.42 Å². The minimum atomic E-state index is -1.50. The summed E-state index contributed by atoms with van der Waals surface area (Å²) in [6.45, 7) is -0.666. The fourth-order valence-corrected chi connectivity index (χ4v) is 2.56. The van der Waals surface area contributed by atoms with Crippen LogP contribution in [-0.4, -0.2) is 70.5 Å². The number of hydrogen-bond acceptors (Lipinski definition) is 7. The molecule has 1 rings (SSSR count). The van der Waals surface area contributed by atoms with E-state index in [0.29, 0.717) is 5.56 Å². The number of benzene rings is 1. The first-order valence-electron chi connectivity index (χ1n) is 9.39. The molecule has 0 aliphatic heterocycles. The van der Waals surface area contributed by atoms with Crippen LogP contribution in [0.25, 0.3) is 0 Å². The molecule has 174 valence electrons. The number of hydrogen-bond donors (Lipinski definition) is 7. The molecule has 1 aromatic rings. The Bertz CT molecular complexity index is 861. The SMILES string of the molecule is NC(=O)CC(NC(=O)CNC(=O)C(N)CC(=O)O)C(=O)NC(Cc1ccccc1)C(=O)O. The van der Waals surface area contributed by atoms with Crippen molar-refractivity contribution >= 4 is 35.6 Å². The lowest BCUT2D eigenvalue weighted by Crippen LogP contribution is -2.55. The first kappa shape index (κ1) is 26.0. The zero-order chi connectivity index (χ0) is 24.3. The molecule has 32 heavy (non-hydrogen) atoms. The average Bonchev–Trinajstić information content (AvgIpc) is 2.70. The van der Waals surface area contributed by atoms with Gasteiger partial charge in [-0.15, -0.1) is 0 Å². The summed E-state index contributed by atoms with van der Waals surface area (Å²) in [5.74, 6) is -6.35. The molecule has 0 aromatic heterocycles. The molecular weight excluding hydrogens is 426 g/mol. The van der Waals surface area contributed by atoms with Gasteiger partial charge in [-0.1, -0.05) is 30.3 Å². The molecule has 9 N–H and O–H groups in total. The topological polar surface area (TPSA) is 231 Å². The highest BCUT2D eigenvalue weighted by Crippen LogP contribution is 2.04. The van der Waals surface area contributed by atoms with E-state index >= 15 is 0 Å². The lowest BCUT2D eigenvalue weighted by atomic mass is 10.1. The Balaban J connectivity index is 2.74. The Morgan fingerprint density at radius 1 is 0.875 bits per heavy atom. The van der Waals surface area contributed by atoms with Crippen molar-refractivity contribution in [3.8, 4) is 0 Å². The van der Waals surface area contributed by atoms with Crippen LogP contribution in [0.2, 0.25) is 0 Å². The molecule has 13 heteroatoms. The van der Waals surface area contributed by atoms with Crippen molar-refractivity contribution in [2.45, 2.75) is 37.4 Å². The number of carboxylic acids is 2. The van der Waals surface area contributed by atoms with Gasteiger partial charge in [0.05, 0.1) is 25.4 Å². The van der Waals surface area contributed by atoms with E-state index in [1.54, 1.807) is 30.3 Å². The molecule has 0 aliphatic carbocycles. The first-order chi connectivity index (χ1) is 15.0. The third kappa shape index (κ3) is 9.67. The van der Waals surface area contributed by atoms with Crippen LogP contribution in [0.3, 0.4) is 0 Å². The molecule has 3 atom stereocenters. The summed E-state index contributed by atoms with van der Waals surface area (Å²) >= 11 is 0. The second-order valence-electron chi connectivity index (χ2n) is 6.80. The van der Waals surface area contributed by atoms with Crippen LogP contribution in [0.4, 0.5) is 0 Å². The molecule has 0 saturated carbocycles. The summed E-state index contributed by atoms with van der Waals surface area (Å²) < 4.78 is 0. The van der Waals surface area contributed by atoms with Crippen LogP contribution in [0.15, 0.2) is 30.3 Å². The zero-order valence-electron chi connectivity index (χ0n) is 16.9. The lowest BCUT2D eigenvalue weighted by molar-refractivity contribution is -0.142. The third-order valence-electron chi connectivity index (χ3n) is 4.11. The van der Waals surface area contributed by atoms with E-state index in [2.05, 4.69) is 16.0 Å². The Morgan fingerprint density at radius 2 is 1.50 bits per heavy atom. The van der Waals surface area contributed by atoms with E-state index in [4.69, 9.17) is 16.6 Å². The van der Waals surface area contributed by atoms with Crippen LogP contribution >= 0.6 is 0 Å². The maximum atomic E-state index is 12.5. The van der Waals surface area contributed by atoms with Gasteiger partial charge in [-0.05, 0) is 5.56 Å². The highest BCUT2D eigenvalue weighted by molar-refractivity contribution is 5.95. The second-order valence-corrected chi connectivity index (χ2v) is 6.80. The Kier molecular flexibility index (Phi) is 10.3. The molecule has 0 radical (unpaired) electrons. The third-order valence-corrected chi connectivity index (χ3v) is 4.11. The predicted molar refractivity (Wildman–Crippen MR) is 109 cm³/mol. The lowest BCUT2D eigenvalue weighted by Gasteiger charge is -2.21. The van der Waals surface area contributed by atoms with E-state index < -0.39 is 73.1 Å². The summed E-state index contributed by atoms with van der Waals surface area (Å²) in [5, 5.41) is 24.5. The van der Waals surface area contributed by atoms with Crippen molar-refractivity contribution < 1.29 is 39.0 Å². The van der Waals surface area contributed by atoms with Gasteiger partial charge >= 0.3 is 11.9 Å². The number of rotatable bonds is 13. The number of aliphatic carboxylic acids is 2. The standard InChI is InChI=1S/C19H25N5O8/c20-11(7-16(27)28)17(29)22-9-15(26)23-12(8-14(21)25)18(30)24-13(19(31)32)6-10-4-2-1-3-5-10/h1-5,11-13H,6-9,20H2,(H2,21,25)(H,22,29)(H,23,26)(H,24,30)(H,27,28)(H,31,32). The van der Waals surface area contributed by atoms with Gasteiger partial charge in [-0.25, -0.2) is 4.79 Å². The van der Waals surface area contributed by atoms with Crippen LogP contribution in [-0.2, 0) is 35.2 Å². The van der Waals surface area contributed by atoms with Gasteiger partial charge in [-0.3, -0.25) is 24.0 Å². The summed E-state index contributed by atoms with van der Waals surface area (Å²) in [6, 6.07) is 4.24. The normalized spacial score (nSPS) is 13.2. The van der Waals surface area contributed by atoms with E-state index in [0.717, 1.165) is 0 Å². The zero-order valence-corrected chi connectivity index (χ0v) is 16.9. The number of nitrogens with one attached hydrogen (secondary N) is 3. The van der Waals surface area contributed by atoms with Gasteiger partial charge in [0.25, 0.3) is 0 Å². The van der Waals surface area contributed by atoms with Gasteiger partial charge in [0.2, 0.25) is 23.6 Å². The molecule has 4 amide bonds. The summed E-state index contributed by atoms with van der Waals surface area (Å²) in [7, 11) is 0. The molecule has 13 nitrogen and oxygen atoms in total. The van der Waals surface area contributed by atoms with E-state index in [-0.39, 0.29) is 6.42 Å². The van der Waals surface area contributed by atoms with Crippen molar-refractivity contribution in [1.29, 1.82) is 0 Å². The second kappa shape index (κ2) is 12.6. The predicted octanol–water partition coefficient (Wildman–Crippen LogP) is -2.92. The van der Waals surface area contributed by atoms with Gasteiger partial charge in [-0.2, -0.15) is 0 Å². The van der Waals surface area contributed by atoms with Gasteiger partial charge < -0.3 is 37.6 Å². The number of carbonyl (C=O) groups is 6. The summed E-state index contributed by atoms with van der Waals surface area (Å²) in [4.78, 5) is 69.6. The smallest absolute Gasteiger partial charge is 0.326 e. The fraction of sp³-hybridized carbons (Fsp3) is 0.368. The molecule has 0 fully saturated rings. The van der Waals surface area contributed by atoms with Crippen molar-refractivity contribution in [2.24, 2.45) is 11.5 Å². The maximum Gasteiger partial charge on any atom is 0.326 e. The molecule has 0 heterocycles. The number of carbonyl (C=O) groups excluding carboxylic acids is 4. The van der Waals surface area contributed by atoms with Gasteiger partial charge in [0.15, 0.2) is 0 Å². The van der Waals surface area contributed by atoms with Crippen LogP contribution < -0.4 is 27.4 Å². The minimum Gasteiger partial charge on any atom is -0.481 e. The summed E-state index contributed by atoms with van der Waals surface area (Å²) in [6.07, 6.45) is -1.32. The molecule has 0 aliphatic rings. The van der Waals surface area contributed by atoms with Crippen molar-refractivity contribution in [2.75, 3.05) is 6.54 Å². The number of amides is 4. The summed E-state index contributed by atoms with van der Waals surface area (Å²) in [5.41, 5.74) is 11.1. The van der Waals surface area contributed by atoms with Crippen molar-refractivity contribution in [3.05, 3.63) is 35.9 Å². The average molecular weight is 451 g/mol. The van der Waals surface area contributed by atoms with Gasteiger partial charge in [0.1, 0.15) is 12.1 Å². The fourth-order valence-electron chi connectivity index (χ4n) is 2.56. The maximum absolute atomic E-state index is 12.5. The van der Waals surface area contributed by atoms with E-state index in [1.807, 2.05) is 0 Å². The monoisotopic (exact) mass is 451 g/mol. The number of primary amides is 1. The Hall–Kier alpha value is -4.00. The van der Waals surface area contributed by atoms with E-state index in [1.165, 1.54) is 0 Å². The number of nitrogens with two attached hydrogens (primary N) is 2. The molecule has 0 bridgehead atoms. The van der Waals surface area contributed by atoms with E-state index in [9.17, 15) is 33.9 Å². The van der Waals surface area contributed by atoms with Crippen LogP contribution in [0.5, 0.6) is 0 Å². The van der Waals surface area contributed by atoms with Crippen LogP contribution in [0, 0.1) is 0 Å². The Labute approximate surface area is 182 Å². The van der Waals surface area contributed by atoms with Crippen LogP contribution in [0.1, 0.15) is 18.4 Å². The van der Waals surface area contributed by atoms with Crippen molar-refractivity contribution in [1.82, 2.24) is 16.0 Å². The molecule has 1 aromatic carbocycles. The quantitative estimate of drug-likeness (QED) is 0.162. The molecule has 3 unspecified atom stereocenters. The highest BCUT2D eigenvalue weighted by Gasteiger charge is 2.28. The number of carboxylic acid groups (broad SMARTS) is 2. The minimum absolute atomic E-state index is 0.0450. The molecular formula is C19H25N5O8. The van der Waals surface area contributed by atoms with Crippen molar-refractivity contribution in [3.63, 3.8) is 0 Å². The molecule has 0 spiro atoms. The molecule has 0 saturated heterocycles. The first-order valence-corrected chi connectivity index (χ1v) is 9.39. The Morgan fingerprint density at radius 3 is 2.03 bits per heavy atom. The largest absolute Gasteiger partial charge is 0.481 e. The highest BCUT2D eigenvalue weighted by atomic mass is 16.4.